The summed E-state index contributed by atoms with van der Waals surface area (Å²) in [6.45, 7) is 5.97. The second kappa shape index (κ2) is 4.26. The second-order valence-corrected chi connectivity index (χ2v) is 3.64. The van der Waals surface area contributed by atoms with E-state index in [2.05, 4.69) is 11.9 Å². The van der Waals surface area contributed by atoms with Gasteiger partial charge >= 0.3 is 5.69 Å². The standard InChI is InChI=1S/C10H17N3O/c1-4-5-8(3)13-6-7(2)9(11)12-10(13)14/h6,8H,4-5H2,1-3H3,(H2,11,12,14). The normalized spacial score (nSPS) is 12.8. The van der Waals surface area contributed by atoms with Gasteiger partial charge in [0.15, 0.2) is 0 Å². The van der Waals surface area contributed by atoms with Gasteiger partial charge < -0.3 is 5.73 Å². The smallest absolute Gasteiger partial charge is 0.349 e. The van der Waals surface area contributed by atoms with E-state index < -0.39 is 0 Å². The quantitative estimate of drug-likeness (QED) is 0.795. The fourth-order valence-corrected chi connectivity index (χ4v) is 1.45. The lowest BCUT2D eigenvalue weighted by Gasteiger charge is -2.14. The number of nitrogen functional groups attached to an aromatic ring is 1. The van der Waals surface area contributed by atoms with Gasteiger partial charge in [0.2, 0.25) is 0 Å². The van der Waals surface area contributed by atoms with Crippen LogP contribution >= 0.6 is 0 Å². The molecule has 1 heterocycles. The first-order valence-electron chi connectivity index (χ1n) is 4.91. The summed E-state index contributed by atoms with van der Waals surface area (Å²) in [4.78, 5) is 15.2. The second-order valence-electron chi connectivity index (χ2n) is 3.64. The first-order valence-corrected chi connectivity index (χ1v) is 4.91. The summed E-state index contributed by atoms with van der Waals surface area (Å²) in [6, 6.07) is 0.194. The van der Waals surface area contributed by atoms with Crippen LogP contribution in [0.25, 0.3) is 0 Å². The molecule has 0 radical (unpaired) electrons. The Morgan fingerprint density at radius 1 is 1.64 bits per heavy atom. The van der Waals surface area contributed by atoms with Crippen molar-refractivity contribution in [3.05, 3.63) is 22.2 Å². The molecule has 14 heavy (non-hydrogen) atoms. The molecule has 4 nitrogen and oxygen atoms in total. The van der Waals surface area contributed by atoms with E-state index in [1.165, 1.54) is 0 Å². The van der Waals surface area contributed by atoms with Gasteiger partial charge in [-0.15, -0.1) is 0 Å². The summed E-state index contributed by atoms with van der Waals surface area (Å²) in [5.74, 6) is 0.329. The third-order valence-corrected chi connectivity index (χ3v) is 2.36. The molecule has 0 aromatic carbocycles. The summed E-state index contributed by atoms with van der Waals surface area (Å²) < 4.78 is 1.65. The molecule has 0 bridgehead atoms. The van der Waals surface area contributed by atoms with Crippen LogP contribution in [0.15, 0.2) is 11.0 Å². The van der Waals surface area contributed by atoms with E-state index in [0.717, 1.165) is 18.4 Å². The predicted octanol–water partition coefficient (Wildman–Crippen LogP) is 1.50. The molecule has 1 rings (SSSR count). The lowest BCUT2D eigenvalue weighted by molar-refractivity contribution is 0.477. The zero-order valence-corrected chi connectivity index (χ0v) is 8.95. The highest BCUT2D eigenvalue weighted by molar-refractivity contribution is 5.35. The van der Waals surface area contributed by atoms with Gasteiger partial charge in [-0.3, -0.25) is 4.57 Å². The minimum Gasteiger partial charge on any atom is -0.383 e. The molecule has 0 aliphatic carbocycles. The van der Waals surface area contributed by atoms with Crippen molar-refractivity contribution in [2.45, 2.75) is 39.7 Å². The maximum absolute atomic E-state index is 11.5. The lowest BCUT2D eigenvalue weighted by Crippen LogP contribution is -2.26. The average molecular weight is 195 g/mol. The highest BCUT2D eigenvalue weighted by Gasteiger charge is 2.07. The number of hydrogen-bond donors (Lipinski definition) is 1. The Hall–Kier alpha value is -1.32. The van der Waals surface area contributed by atoms with Crippen LogP contribution in [0, 0.1) is 6.92 Å². The van der Waals surface area contributed by atoms with E-state index >= 15 is 0 Å². The summed E-state index contributed by atoms with van der Waals surface area (Å²) >= 11 is 0. The summed E-state index contributed by atoms with van der Waals surface area (Å²) in [5.41, 5.74) is 6.14. The van der Waals surface area contributed by atoms with Crippen LogP contribution in [0.5, 0.6) is 0 Å². The van der Waals surface area contributed by atoms with Crippen LogP contribution in [0.4, 0.5) is 5.82 Å². The third-order valence-electron chi connectivity index (χ3n) is 2.36. The highest BCUT2D eigenvalue weighted by Crippen LogP contribution is 2.12. The zero-order valence-electron chi connectivity index (χ0n) is 8.95. The summed E-state index contributed by atoms with van der Waals surface area (Å²) in [7, 11) is 0. The van der Waals surface area contributed by atoms with Gasteiger partial charge in [-0.05, 0) is 20.3 Å². The van der Waals surface area contributed by atoms with Gasteiger partial charge in [-0.2, -0.15) is 4.98 Å². The minimum absolute atomic E-state index is 0.194. The molecule has 0 saturated heterocycles. The molecule has 1 aromatic heterocycles. The predicted molar refractivity (Wildman–Crippen MR) is 57.3 cm³/mol. The van der Waals surface area contributed by atoms with Gasteiger partial charge in [0, 0.05) is 17.8 Å². The van der Waals surface area contributed by atoms with Crippen molar-refractivity contribution in [2.75, 3.05) is 5.73 Å². The molecule has 0 spiro atoms. The first-order chi connectivity index (χ1) is 6.56. The Balaban J connectivity index is 3.09. The third kappa shape index (κ3) is 2.13. The zero-order chi connectivity index (χ0) is 10.7. The van der Waals surface area contributed by atoms with Crippen molar-refractivity contribution in [1.29, 1.82) is 0 Å². The maximum atomic E-state index is 11.5. The van der Waals surface area contributed by atoms with Crippen molar-refractivity contribution in [1.82, 2.24) is 9.55 Å². The fraction of sp³-hybridized carbons (Fsp3) is 0.600. The van der Waals surface area contributed by atoms with Crippen molar-refractivity contribution >= 4 is 5.82 Å². The number of rotatable bonds is 3. The molecule has 0 amide bonds. The Bertz CT molecular complexity index is 370. The average Bonchev–Trinajstić information content (AvgIpc) is 2.11. The van der Waals surface area contributed by atoms with Gasteiger partial charge in [-0.1, -0.05) is 13.3 Å². The number of aryl methyl sites for hydroxylation is 1. The van der Waals surface area contributed by atoms with Crippen LogP contribution in [0.3, 0.4) is 0 Å². The molecular formula is C10H17N3O. The van der Waals surface area contributed by atoms with Crippen molar-refractivity contribution in [3.63, 3.8) is 0 Å². The molecule has 0 fully saturated rings. The Morgan fingerprint density at radius 2 is 2.29 bits per heavy atom. The van der Waals surface area contributed by atoms with E-state index in [1.54, 1.807) is 10.8 Å². The molecule has 1 aromatic rings. The van der Waals surface area contributed by atoms with Crippen molar-refractivity contribution in [3.8, 4) is 0 Å². The SMILES string of the molecule is CCCC(C)n1cc(C)c(N)nc1=O. The molecule has 2 N–H and O–H groups in total. The minimum atomic E-state index is -0.256. The molecule has 1 unspecified atom stereocenters. The van der Waals surface area contributed by atoms with Crippen molar-refractivity contribution < 1.29 is 0 Å². The van der Waals surface area contributed by atoms with E-state index in [-0.39, 0.29) is 11.7 Å². The Morgan fingerprint density at radius 3 is 2.86 bits per heavy atom. The summed E-state index contributed by atoms with van der Waals surface area (Å²) in [5, 5.41) is 0. The monoisotopic (exact) mass is 195 g/mol. The van der Waals surface area contributed by atoms with Gasteiger partial charge in [0.1, 0.15) is 5.82 Å². The Kier molecular flexibility index (Phi) is 3.28. The first kappa shape index (κ1) is 10.8. The molecule has 0 saturated carbocycles. The van der Waals surface area contributed by atoms with Crippen LogP contribution in [-0.2, 0) is 0 Å². The fourth-order valence-electron chi connectivity index (χ4n) is 1.45. The molecule has 78 valence electrons. The number of aromatic nitrogens is 2. The van der Waals surface area contributed by atoms with Gasteiger partial charge in [-0.25, -0.2) is 4.79 Å². The molecule has 4 heteroatoms. The number of anilines is 1. The molecule has 1 atom stereocenters. The van der Waals surface area contributed by atoms with Crippen molar-refractivity contribution in [2.24, 2.45) is 0 Å². The molecule has 0 aliphatic heterocycles. The number of nitrogens with zero attached hydrogens (tertiary/aromatic N) is 2. The molecule has 0 aliphatic rings. The van der Waals surface area contributed by atoms with Gasteiger partial charge in [0.25, 0.3) is 0 Å². The highest BCUT2D eigenvalue weighted by atomic mass is 16.1. The van der Waals surface area contributed by atoms with E-state index in [0.29, 0.717) is 5.82 Å². The van der Waals surface area contributed by atoms with Gasteiger partial charge in [0.05, 0.1) is 0 Å². The number of nitrogens with two attached hydrogens (primary N) is 1. The van der Waals surface area contributed by atoms with Crippen LogP contribution < -0.4 is 11.4 Å². The maximum Gasteiger partial charge on any atom is 0.349 e. The lowest BCUT2D eigenvalue weighted by atomic mass is 10.2. The van der Waals surface area contributed by atoms with E-state index in [9.17, 15) is 4.79 Å². The topological polar surface area (TPSA) is 60.9 Å². The molecular weight excluding hydrogens is 178 g/mol. The van der Waals surface area contributed by atoms with E-state index in [1.807, 2.05) is 13.8 Å². The van der Waals surface area contributed by atoms with Crippen LogP contribution in [0.1, 0.15) is 38.3 Å². The largest absolute Gasteiger partial charge is 0.383 e. The summed E-state index contributed by atoms with van der Waals surface area (Å²) in [6.07, 6.45) is 3.81. The van der Waals surface area contributed by atoms with Crippen LogP contribution in [-0.4, -0.2) is 9.55 Å². The van der Waals surface area contributed by atoms with Crippen LogP contribution in [0.2, 0.25) is 0 Å². The number of hydrogen-bond acceptors (Lipinski definition) is 3. The Labute approximate surface area is 83.8 Å². The van der Waals surface area contributed by atoms with E-state index in [4.69, 9.17) is 5.73 Å².